The lowest BCUT2D eigenvalue weighted by molar-refractivity contribution is 0.199. The Hall–Kier alpha value is -1.60. The SMILES string of the molecule is CCN(CCC#N)c1ccc(F)cc1C(C)O. The molecule has 0 saturated heterocycles. The molecule has 1 aromatic rings. The van der Waals surface area contributed by atoms with Gasteiger partial charge in [-0.05, 0) is 32.0 Å². The summed E-state index contributed by atoms with van der Waals surface area (Å²) in [7, 11) is 0. The molecule has 0 spiro atoms. The van der Waals surface area contributed by atoms with Crippen molar-refractivity contribution in [2.24, 2.45) is 0 Å². The summed E-state index contributed by atoms with van der Waals surface area (Å²) in [6, 6.07) is 6.45. The Bertz CT molecular complexity index is 412. The van der Waals surface area contributed by atoms with Crippen LogP contribution in [0.2, 0.25) is 0 Å². The molecule has 1 rings (SSSR count). The van der Waals surface area contributed by atoms with Crippen LogP contribution in [0.5, 0.6) is 0 Å². The van der Waals surface area contributed by atoms with Crippen molar-refractivity contribution in [1.82, 2.24) is 0 Å². The maximum absolute atomic E-state index is 13.1. The van der Waals surface area contributed by atoms with Crippen LogP contribution >= 0.6 is 0 Å². The van der Waals surface area contributed by atoms with Gasteiger partial charge in [-0.25, -0.2) is 4.39 Å². The largest absolute Gasteiger partial charge is 0.389 e. The minimum Gasteiger partial charge on any atom is -0.389 e. The Morgan fingerprint density at radius 1 is 1.53 bits per heavy atom. The zero-order valence-corrected chi connectivity index (χ0v) is 10.2. The van der Waals surface area contributed by atoms with E-state index in [0.717, 1.165) is 5.69 Å². The number of anilines is 1. The highest BCUT2D eigenvalue weighted by Gasteiger charge is 2.14. The van der Waals surface area contributed by atoms with Gasteiger partial charge in [0.1, 0.15) is 5.82 Å². The summed E-state index contributed by atoms with van der Waals surface area (Å²) in [5.74, 6) is -0.360. The first-order valence-electron chi connectivity index (χ1n) is 5.69. The van der Waals surface area contributed by atoms with Gasteiger partial charge in [0.05, 0.1) is 18.6 Å². The quantitative estimate of drug-likeness (QED) is 0.854. The predicted octanol–water partition coefficient (Wildman–Crippen LogP) is 2.62. The molecule has 1 aromatic carbocycles. The number of nitrogens with zero attached hydrogens (tertiary/aromatic N) is 2. The van der Waals surface area contributed by atoms with E-state index in [1.807, 2.05) is 11.8 Å². The van der Waals surface area contributed by atoms with Crippen LogP contribution in [0.15, 0.2) is 18.2 Å². The molecule has 0 amide bonds. The van der Waals surface area contributed by atoms with Crippen molar-refractivity contribution < 1.29 is 9.50 Å². The van der Waals surface area contributed by atoms with Crippen LogP contribution in [0.1, 0.15) is 31.9 Å². The Kier molecular flexibility index (Phi) is 4.92. The van der Waals surface area contributed by atoms with Gasteiger partial charge in [0.15, 0.2) is 0 Å². The van der Waals surface area contributed by atoms with Gasteiger partial charge in [-0.1, -0.05) is 0 Å². The number of halogens is 1. The van der Waals surface area contributed by atoms with Gasteiger partial charge >= 0.3 is 0 Å². The zero-order chi connectivity index (χ0) is 12.8. The third kappa shape index (κ3) is 3.43. The fraction of sp³-hybridized carbons (Fsp3) is 0.462. The van der Waals surface area contributed by atoms with E-state index in [1.54, 1.807) is 13.0 Å². The van der Waals surface area contributed by atoms with Crippen LogP contribution in [0.25, 0.3) is 0 Å². The Morgan fingerprint density at radius 3 is 2.76 bits per heavy atom. The molecule has 0 bridgehead atoms. The van der Waals surface area contributed by atoms with Gasteiger partial charge in [0.25, 0.3) is 0 Å². The molecule has 4 heteroatoms. The Balaban J connectivity index is 3.05. The monoisotopic (exact) mass is 236 g/mol. The maximum atomic E-state index is 13.1. The topological polar surface area (TPSA) is 47.3 Å². The van der Waals surface area contributed by atoms with E-state index < -0.39 is 6.10 Å². The summed E-state index contributed by atoms with van der Waals surface area (Å²) in [4.78, 5) is 1.96. The van der Waals surface area contributed by atoms with E-state index in [4.69, 9.17) is 5.26 Å². The van der Waals surface area contributed by atoms with Crippen LogP contribution in [0.3, 0.4) is 0 Å². The second-order valence-corrected chi connectivity index (χ2v) is 3.87. The van der Waals surface area contributed by atoms with E-state index in [2.05, 4.69) is 6.07 Å². The van der Waals surface area contributed by atoms with Crippen LogP contribution < -0.4 is 4.90 Å². The summed E-state index contributed by atoms with van der Waals surface area (Å²) < 4.78 is 13.1. The number of hydrogen-bond donors (Lipinski definition) is 1. The van der Waals surface area contributed by atoms with Crippen LogP contribution in [0, 0.1) is 17.1 Å². The first kappa shape index (κ1) is 13.5. The minimum absolute atomic E-state index is 0.360. The molecule has 1 atom stereocenters. The molecule has 3 nitrogen and oxygen atoms in total. The molecule has 0 saturated carbocycles. The van der Waals surface area contributed by atoms with E-state index in [1.165, 1.54) is 12.1 Å². The fourth-order valence-corrected chi connectivity index (χ4v) is 1.78. The first-order valence-corrected chi connectivity index (χ1v) is 5.69. The van der Waals surface area contributed by atoms with Gasteiger partial charge in [-0.2, -0.15) is 5.26 Å². The van der Waals surface area contributed by atoms with E-state index in [-0.39, 0.29) is 5.82 Å². The molecule has 17 heavy (non-hydrogen) atoms. The van der Waals surface area contributed by atoms with Crippen molar-refractivity contribution in [1.29, 1.82) is 5.26 Å². The number of aliphatic hydroxyl groups excluding tert-OH is 1. The maximum Gasteiger partial charge on any atom is 0.123 e. The third-order valence-corrected chi connectivity index (χ3v) is 2.66. The lowest BCUT2D eigenvalue weighted by Crippen LogP contribution is -2.25. The number of rotatable bonds is 5. The van der Waals surface area contributed by atoms with Gasteiger partial charge in [0, 0.05) is 24.3 Å². The van der Waals surface area contributed by atoms with Gasteiger partial charge < -0.3 is 10.0 Å². The second kappa shape index (κ2) is 6.21. The molecule has 0 heterocycles. The highest BCUT2D eigenvalue weighted by Crippen LogP contribution is 2.27. The predicted molar refractivity (Wildman–Crippen MR) is 65.2 cm³/mol. The van der Waals surface area contributed by atoms with E-state index in [0.29, 0.717) is 25.1 Å². The average Bonchev–Trinajstić information content (AvgIpc) is 2.31. The van der Waals surface area contributed by atoms with Gasteiger partial charge in [-0.15, -0.1) is 0 Å². The smallest absolute Gasteiger partial charge is 0.123 e. The van der Waals surface area contributed by atoms with E-state index >= 15 is 0 Å². The molecule has 92 valence electrons. The lowest BCUT2D eigenvalue weighted by Gasteiger charge is -2.25. The molecule has 1 unspecified atom stereocenters. The minimum atomic E-state index is -0.725. The van der Waals surface area contributed by atoms with E-state index in [9.17, 15) is 9.50 Å². The van der Waals surface area contributed by atoms with Crippen molar-refractivity contribution in [3.8, 4) is 6.07 Å². The van der Waals surface area contributed by atoms with Crippen LogP contribution in [-0.4, -0.2) is 18.2 Å². The van der Waals surface area contributed by atoms with Crippen molar-refractivity contribution in [2.75, 3.05) is 18.0 Å². The van der Waals surface area contributed by atoms with Crippen molar-refractivity contribution in [2.45, 2.75) is 26.4 Å². The molecule has 0 aliphatic heterocycles. The first-order chi connectivity index (χ1) is 8.10. The van der Waals surface area contributed by atoms with Crippen LogP contribution in [0.4, 0.5) is 10.1 Å². The Labute approximate surface area is 101 Å². The number of aliphatic hydroxyl groups is 1. The molecule has 0 aliphatic rings. The highest BCUT2D eigenvalue weighted by molar-refractivity contribution is 5.54. The zero-order valence-electron chi connectivity index (χ0n) is 10.2. The highest BCUT2D eigenvalue weighted by atomic mass is 19.1. The average molecular weight is 236 g/mol. The molecule has 0 radical (unpaired) electrons. The molecular weight excluding hydrogens is 219 g/mol. The summed E-state index contributed by atoms with van der Waals surface area (Å²) in [6.07, 6.45) is -0.318. The van der Waals surface area contributed by atoms with Crippen LogP contribution in [-0.2, 0) is 0 Å². The van der Waals surface area contributed by atoms with Gasteiger partial charge in [0.2, 0.25) is 0 Å². The molecular formula is C13H17FN2O. The second-order valence-electron chi connectivity index (χ2n) is 3.87. The Morgan fingerprint density at radius 2 is 2.24 bits per heavy atom. The number of nitriles is 1. The third-order valence-electron chi connectivity index (χ3n) is 2.66. The molecule has 0 aromatic heterocycles. The fourth-order valence-electron chi connectivity index (χ4n) is 1.78. The van der Waals surface area contributed by atoms with Crippen molar-refractivity contribution >= 4 is 5.69 Å². The number of benzene rings is 1. The summed E-state index contributed by atoms with van der Waals surface area (Å²) in [5, 5.41) is 18.2. The molecule has 1 N–H and O–H groups in total. The molecule has 0 fully saturated rings. The van der Waals surface area contributed by atoms with Crippen molar-refractivity contribution in [3.63, 3.8) is 0 Å². The summed E-state index contributed by atoms with van der Waals surface area (Å²) >= 11 is 0. The van der Waals surface area contributed by atoms with Crippen molar-refractivity contribution in [3.05, 3.63) is 29.6 Å². The number of hydrogen-bond acceptors (Lipinski definition) is 3. The standard InChI is InChI=1S/C13H17FN2O/c1-3-16(8-4-7-15)13-6-5-11(14)9-12(13)10(2)17/h5-6,9-10,17H,3-4,8H2,1-2H3. The normalized spacial score (nSPS) is 11.9. The summed E-state index contributed by atoms with van der Waals surface area (Å²) in [6.45, 7) is 4.87. The summed E-state index contributed by atoms with van der Waals surface area (Å²) in [5.41, 5.74) is 1.35. The lowest BCUT2D eigenvalue weighted by atomic mass is 10.1. The van der Waals surface area contributed by atoms with Gasteiger partial charge in [-0.3, -0.25) is 0 Å². The molecule has 0 aliphatic carbocycles.